The molecule has 0 spiro atoms. The number of carbonyl (C=O) groups is 1. The number of aromatic nitrogens is 1. The number of ether oxygens (including phenoxy) is 1. The van der Waals surface area contributed by atoms with Gasteiger partial charge in [-0.2, -0.15) is 26.3 Å². The van der Waals surface area contributed by atoms with Crippen molar-refractivity contribution in [3.63, 3.8) is 0 Å². The lowest BCUT2D eigenvalue weighted by Gasteiger charge is -2.46. The lowest BCUT2D eigenvalue weighted by atomic mass is 9.71. The minimum atomic E-state index is -4.93. The fourth-order valence-electron chi connectivity index (χ4n) is 6.64. The van der Waals surface area contributed by atoms with Crippen molar-refractivity contribution in [2.45, 2.75) is 89.7 Å². The van der Waals surface area contributed by atoms with Crippen molar-refractivity contribution in [2.75, 3.05) is 20.2 Å². The molecule has 1 saturated heterocycles. The number of nitrogens with one attached hydrogen (secondary N) is 1. The van der Waals surface area contributed by atoms with Gasteiger partial charge in [0, 0.05) is 24.8 Å². The second kappa shape index (κ2) is 12.8. The molecule has 1 aromatic heterocycles. The first-order valence-corrected chi connectivity index (χ1v) is 14.5. The highest BCUT2D eigenvalue weighted by Crippen LogP contribution is 2.42. The van der Waals surface area contributed by atoms with Gasteiger partial charge in [0.2, 0.25) is 11.8 Å². The predicted octanol–water partition coefficient (Wildman–Crippen LogP) is 7.60. The normalized spacial score (nSPS) is 21.8. The molecule has 1 saturated carbocycles. The standard InChI is InChI=1S/C31H39F6N3O2/c1-20(2)17-29(28(41)39-18-21-14-24(30(32,33)34)16-25(15-21)31(35,36)37)10-12-40(13-11-29)26-7-4-22(5-8-26)23-6-9-27(42-3)38-19-23/h6,9,14-16,19-20,22,26H,4-5,7-8,10-13,17-18H2,1-3H3,(H,39,41). The van der Waals surface area contributed by atoms with Crippen LogP contribution in [-0.2, 0) is 23.7 Å². The van der Waals surface area contributed by atoms with Gasteiger partial charge in [-0.1, -0.05) is 19.9 Å². The van der Waals surface area contributed by atoms with Crippen molar-refractivity contribution in [3.05, 3.63) is 58.8 Å². The Morgan fingerprint density at radius 1 is 1.00 bits per heavy atom. The highest BCUT2D eigenvalue weighted by molar-refractivity contribution is 5.82. The van der Waals surface area contributed by atoms with Crippen molar-refractivity contribution < 1.29 is 35.9 Å². The molecule has 1 amide bonds. The van der Waals surface area contributed by atoms with Crippen LogP contribution in [0.25, 0.3) is 0 Å². The summed E-state index contributed by atoms with van der Waals surface area (Å²) in [4.78, 5) is 20.3. The number of pyridine rings is 1. The first-order valence-electron chi connectivity index (χ1n) is 14.5. The van der Waals surface area contributed by atoms with Gasteiger partial charge in [0.15, 0.2) is 0 Å². The summed E-state index contributed by atoms with van der Waals surface area (Å²) < 4.78 is 84.9. The molecule has 0 bridgehead atoms. The summed E-state index contributed by atoms with van der Waals surface area (Å²) in [6.07, 6.45) is -2.03. The molecule has 2 aromatic rings. The average Bonchev–Trinajstić information content (AvgIpc) is 2.95. The minimum Gasteiger partial charge on any atom is -0.481 e. The van der Waals surface area contributed by atoms with E-state index < -0.39 is 35.4 Å². The van der Waals surface area contributed by atoms with Gasteiger partial charge in [-0.05, 0) is 99.2 Å². The zero-order valence-electron chi connectivity index (χ0n) is 24.2. The lowest BCUT2D eigenvalue weighted by Crippen LogP contribution is -2.52. The summed E-state index contributed by atoms with van der Waals surface area (Å²) in [5.41, 5.74) is -2.50. The van der Waals surface area contributed by atoms with E-state index in [1.54, 1.807) is 7.11 Å². The van der Waals surface area contributed by atoms with Crippen molar-refractivity contribution in [1.82, 2.24) is 15.2 Å². The van der Waals surface area contributed by atoms with Crippen molar-refractivity contribution in [3.8, 4) is 5.88 Å². The molecule has 0 unspecified atom stereocenters. The smallest absolute Gasteiger partial charge is 0.416 e. The van der Waals surface area contributed by atoms with Crippen LogP contribution in [0.5, 0.6) is 5.88 Å². The molecule has 2 aliphatic rings. The van der Waals surface area contributed by atoms with Gasteiger partial charge in [0.1, 0.15) is 0 Å². The van der Waals surface area contributed by atoms with Crippen LogP contribution in [0.1, 0.15) is 87.0 Å². The van der Waals surface area contributed by atoms with Crippen LogP contribution in [0.2, 0.25) is 0 Å². The molecule has 1 aromatic carbocycles. The van der Waals surface area contributed by atoms with Crippen LogP contribution in [0.4, 0.5) is 26.3 Å². The summed E-state index contributed by atoms with van der Waals surface area (Å²) in [6.45, 7) is 5.07. The van der Waals surface area contributed by atoms with Crippen LogP contribution < -0.4 is 10.1 Å². The molecule has 2 heterocycles. The number of piperidine rings is 1. The van der Waals surface area contributed by atoms with Gasteiger partial charge >= 0.3 is 12.4 Å². The number of benzene rings is 1. The molecule has 1 N–H and O–H groups in total. The van der Waals surface area contributed by atoms with E-state index >= 15 is 0 Å². The van der Waals surface area contributed by atoms with Gasteiger partial charge in [-0.3, -0.25) is 4.79 Å². The molecular formula is C31H39F6N3O2. The number of alkyl halides is 6. The molecule has 232 valence electrons. The second-order valence-corrected chi connectivity index (χ2v) is 12.2. The van der Waals surface area contributed by atoms with Crippen molar-refractivity contribution in [1.29, 1.82) is 0 Å². The first kappa shape index (κ1) is 32.1. The Hall–Kier alpha value is -2.82. The molecular weight excluding hydrogens is 560 g/mol. The van der Waals surface area contributed by atoms with E-state index in [1.807, 2.05) is 26.1 Å². The van der Waals surface area contributed by atoms with Crippen LogP contribution in [0, 0.1) is 11.3 Å². The number of methoxy groups -OCH3 is 1. The number of carbonyl (C=O) groups excluding carboxylic acids is 1. The van der Waals surface area contributed by atoms with Crippen LogP contribution in [0.15, 0.2) is 36.5 Å². The fourth-order valence-corrected chi connectivity index (χ4v) is 6.64. The average molecular weight is 600 g/mol. The minimum absolute atomic E-state index is 0.0999. The van der Waals surface area contributed by atoms with Gasteiger partial charge in [0.05, 0.1) is 23.7 Å². The maximum atomic E-state index is 13.5. The summed E-state index contributed by atoms with van der Waals surface area (Å²) in [6, 6.07) is 5.81. The summed E-state index contributed by atoms with van der Waals surface area (Å²) in [5, 5.41) is 2.69. The largest absolute Gasteiger partial charge is 0.481 e. The molecule has 0 atom stereocenters. The molecule has 2 fully saturated rings. The van der Waals surface area contributed by atoms with Gasteiger partial charge in [-0.25, -0.2) is 4.98 Å². The molecule has 5 nitrogen and oxygen atoms in total. The Kier molecular flexibility index (Phi) is 9.79. The topological polar surface area (TPSA) is 54.5 Å². The van der Waals surface area contributed by atoms with Crippen LogP contribution in [0.3, 0.4) is 0 Å². The maximum Gasteiger partial charge on any atom is 0.416 e. The van der Waals surface area contributed by atoms with Gasteiger partial charge in [0.25, 0.3) is 0 Å². The molecule has 1 aliphatic carbocycles. The first-order chi connectivity index (χ1) is 19.7. The van der Waals surface area contributed by atoms with E-state index in [9.17, 15) is 31.1 Å². The summed E-state index contributed by atoms with van der Waals surface area (Å²) in [7, 11) is 1.59. The number of hydrogen-bond donors (Lipinski definition) is 1. The number of amides is 1. The zero-order chi connectivity index (χ0) is 30.7. The number of halogens is 6. The summed E-state index contributed by atoms with van der Waals surface area (Å²) in [5.74, 6) is 0.929. The monoisotopic (exact) mass is 599 g/mol. The Bertz CT molecular complexity index is 1160. The quantitative estimate of drug-likeness (QED) is 0.318. The number of rotatable bonds is 8. The van der Waals surface area contributed by atoms with E-state index in [1.165, 1.54) is 5.56 Å². The van der Waals surface area contributed by atoms with Crippen molar-refractivity contribution >= 4 is 5.91 Å². The number of nitrogens with zero attached hydrogens (tertiary/aromatic N) is 2. The molecule has 4 rings (SSSR count). The van der Waals surface area contributed by atoms with E-state index in [0.29, 0.717) is 49.2 Å². The van der Waals surface area contributed by atoms with Gasteiger partial charge < -0.3 is 15.0 Å². The Morgan fingerprint density at radius 3 is 2.07 bits per heavy atom. The third-order valence-electron chi connectivity index (χ3n) is 8.79. The number of hydrogen-bond acceptors (Lipinski definition) is 4. The predicted molar refractivity (Wildman–Crippen MR) is 147 cm³/mol. The highest BCUT2D eigenvalue weighted by atomic mass is 19.4. The Labute approximate surface area is 243 Å². The van der Waals surface area contributed by atoms with E-state index in [0.717, 1.165) is 38.8 Å². The summed E-state index contributed by atoms with van der Waals surface area (Å²) >= 11 is 0. The molecule has 1 aliphatic heterocycles. The fraction of sp³-hybridized carbons (Fsp3) is 0.613. The van der Waals surface area contributed by atoms with E-state index in [4.69, 9.17) is 4.74 Å². The van der Waals surface area contributed by atoms with Crippen LogP contribution >= 0.6 is 0 Å². The molecule has 42 heavy (non-hydrogen) atoms. The third-order valence-corrected chi connectivity index (χ3v) is 8.79. The zero-order valence-corrected chi connectivity index (χ0v) is 24.2. The van der Waals surface area contributed by atoms with Crippen molar-refractivity contribution in [2.24, 2.45) is 11.3 Å². The Balaban J connectivity index is 1.38. The number of likely N-dealkylation sites (tertiary alicyclic amines) is 1. The second-order valence-electron chi connectivity index (χ2n) is 12.2. The molecule has 0 radical (unpaired) electrons. The molecule has 11 heteroatoms. The third kappa shape index (κ3) is 7.76. The van der Waals surface area contributed by atoms with Gasteiger partial charge in [-0.15, -0.1) is 0 Å². The van der Waals surface area contributed by atoms with Crippen LogP contribution in [-0.4, -0.2) is 42.0 Å². The van der Waals surface area contributed by atoms with E-state index in [2.05, 4.69) is 21.3 Å². The van der Waals surface area contributed by atoms with E-state index in [-0.39, 0.29) is 23.5 Å². The highest BCUT2D eigenvalue weighted by Gasteiger charge is 2.43. The SMILES string of the molecule is COc1ccc(C2CCC(N3CCC(CC(C)C)(C(=O)NCc4cc(C(F)(F)F)cc(C(F)(F)F)c4)CC3)CC2)cn1. The maximum absolute atomic E-state index is 13.5. The Morgan fingerprint density at radius 2 is 1.60 bits per heavy atom. The lowest BCUT2D eigenvalue weighted by molar-refractivity contribution is -0.143.